The Bertz CT molecular complexity index is 434. The van der Waals surface area contributed by atoms with Gasteiger partial charge in [-0.2, -0.15) is 0 Å². The predicted octanol–water partition coefficient (Wildman–Crippen LogP) is 3.12. The zero-order chi connectivity index (χ0) is 13.7. The molecule has 1 saturated heterocycles. The highest BCUT2D eigenvalue weighted by atomic mass is 16.2. The summed E-state index contributed by atoms with van der Waals surface area (Å²) in [6, 6.07) is 6.03. The van der Waals surface area contributed by atoms with Crippen molar-refractivity contribution in [2.24, 2.45) is 0 Å². The van der Waals surface area contributed by atoms with Crippen molar-refractivity contribution in [3.63, 3.8) is 0 Å². The minimum atomic E-state index is 0.107. The van der Waals surface area contributed by atoms with Gasteiger partial charge in [0.05, 0.1) is 6.54 Å². The summed E-state index contributed by atoms with van der Waals surface area (Å²) in [5.74, 6) is 0.107. The Morgan fingerprint density at radius 3 is 2.53 bits per heavy atom. The number of nitrogens with one attached hydrogen (secondary N) is 1. The van der Waals surface area contributed by atoms with Gasteiger partial charge in [-0.05, 0) is 57.0 Å². The number of rotatable bonds is 3. The van der Waals surface area contributed by atoms with E-state index in [-0.39, 0.29) is 5.91 Å². The molecule has 1 fully saturated rings. The van der Waals surface area contributed by atoms with Gasteiger partial charge in [0.25, 0.3) is 0 Å². The zero-order valence-electron chi connectivity index (χ0n) is 12.0. The standard InChI is InChI=1S/C16H24N2O/c1-13-8-7-9-15(14(13)2)17-16(19)12-18-10-5-3-4-6-11-18/h7-9H,3-6,10-12H2,1-2H3,(H,17,19). The summed E-state index contributed by atoms with van der Waals surface area (Å²) in [4.78, 5) is 14.4. The van der Waals surface area contributed by atoms with Gasteiger partial charge in [0.2, 0.25) is 5.91 Å². The molecular weight excluding hydrogens is 236 g/mol. The summed E-state index contributed by atoms with van der Waals surface area (Å²) in [5, 5.41) is 3.04. The number of anilines is 1. The molecule has 2 rings (SSSR count). The monoisotopic (exact) mass is 260 g/mol. The van der Waals surface area contributed by atoms with Crippen molar-refractivity contribution in [2.45, 2.75) is 39.5 Å². The molecule has 1 N–H and O–H groups in total. The van der Waals surface area contributed by atoms with Gasteiger partial charge in [0.15, 0.2) is 0 Å². The van der Waals surface area contributed by atoms with Crippen molar-refractivity contribution >= 4 is 11.6 Å². The van der Waals surface area contributed by atoms with Crippen LogP contribution in [0.25, 0.3) is 0 Å². The third-order valence-corrected chi connectivity index (χ3v) is 3.94. The summed E-state index contributed by atoms with van der Waals surface area (Å²) >= 11 is 0. The normalized spacial score (nSPS) is 16.9. The van der Waals surface area contributed by atoms with Crippen LogP contribution in [0.5, 0.6) is 0 Å². The van der Waals surface area contributed by atoms with Crippen molar-refractivity contribution in [2.75, 3.05) is 25.0 Å². The Labute approximate surface area is 116 Å². The van der Waals surface area contributed by atoms with Crippen LogP contribution in [0.4, 0.5) is 5.69 Å². The molecule has 0 radical (unpaired) electrons. The van der Waals surface area contributed by atoms with E-state index in [1.54, 1.807) is 0 Å². The van der Waals surface area contributed by atoms with Gasteiger partial charge in [-0.15, -0.1) is 0 Å². The van der Waals surface area contributed by atoms with Crippen molar-refractivity contribution in [1.82, 2.24) is 4.90 Å². The first-order valence-corrected chi connectivity index (χ1v) is 7.25. The van der Waals surface area contributed by atoms with Crippen molar-refractivity contribution in [1.29, 1.82) is 0 Å². The first kappa shape index (κ1) is 14.1. The summed E-state index contributed by atoms with van der Waals surface area (Å²) in [6.45, 7) is 6.75. The first-order valence-electron chi connectivity index (χ1n) is 7.25. The molecule has 19 heavy (non-hydrogen) atoms. The molecule has 1 amide bonds. The van der Waals surface area contributed by atoms with Crippen LogP contribution in [0.1, 0.15) is 36.8 Å². The molecular formula is C16H24N2O. The van der Waals surface area contributed by atoms with Crippen LogP contribution < -0.4 is 5.32 Å². The fourth-order valence-electron chi connectivity index (χ4n) is 2.57. The van der Waals surface area contributed by atoms with Gasteiger partial charge in [0, 0.05) is 5.69 Å². The quantitative estimate of drug-likeness (QED) is 0.905. The molecule has 1 aliphatic rings. The molecule has 0 bridgehead atoms. The van der Waals surface area contributed by atoms with Crippen molar-refractivity contribution < 1.29 is 4.79 Å². The topological polar surface area (TPSA) is 32.3 Å². The van der Waals surface area contributed by atoms with Crippen LogP contribution in [-0.4, -0.2) is 30.4 Å². The second-order valence-corrected chi connectivity index (χ2v) is 5.49. The van der Waals surface area contributed by atoms with Crippen molar-refractivity contribution in [3.8, 4) is 0 Å². The number of hydrogen-bond acceptors (Lipinski definition) is 2. The molecule has 104 valence electrons. The minimum absolute atomic E-state index is 0.107. The molecule has 0 atom stereocenters. The first-order chi connectivity index (χ1) is 9.16. The second-order valence-electron chi connectivity index (χ2n) is 5.49. The molecule has 0 saturated carbocycles. The van der Waals surface area contributed by atoms with E-state index in [1.807, 2.05) is 12.1 Å². The van der Waals surface area contributed by atoms with E-state index < -0.39 is 0 Å². The van der Waals surface area contributed by atoms with Gasteiger partial charge in [-0.3, -0.25) is 9.69 Å². The lowest BCUT2D eigenvalue weighted by molar-refractivity contribution is -0.117. The van der Waals surface area contributed by atoms with Crippen LogP contribution in [0, 0.1) is 13.8 Å². The van der Waals surface area contributed by atoms with Gasteiger partial charge < -0.3 is 5.32 Å². The summed E-state index contributed by atoms with van der Waals surface area (Å²) in [6.07, 6.45) is 5.04. The average Bonchev–Trinajstić information content (AvgIpc) is 2.63. The number of hydrogen-bond donors (Lipinski definition) is 1. The number of carbonyl (C=O) groups is 1. The van der Waals surface area contributed by atoms with Crippen LogP contribution in [0.2, 0.25) is 0 Å². The third-order valence-electron chi connectivity index (χ3n) is 3.94. The smallest absolute Gasteiger partial charge is 0.238 e. The molecule has 1 aromatic rings. The largest absolute Gasteiger partial charge is 0.325 e. The Kier molecular flexibility index (Phi) is 4.97. The molecule has 0 spiro atoms. The Morgan fingerprint density at radius 2 is 1.84 bits per heavy atom. The minimum Gasteiger partial charge on any atom is -0.325 e. The van der Waals surface area contributed by atoms with Crippen LogP contribution in [0.3, 0.4) is 0 Å². The van der Waals surface area contributed by atoms with Gasteiger partial charge in [-0.1, -0.05) is 25.0 Å². The lowest BCUT2D eigenvalue weighted by atomic mass is 10.1. The van der Waals surface area contributed by atoms with E-state index in [0.717, 1.165) is 24.3 Å². The number of likely N-dealkylation sites (tertiary alicyclic amines) is 1. The zero-order valence-corrected chi connectivity index (χ0v) is 12.0. The van der Waals surface area contributed by atoms with E-state index in [2.05, 4.69) is 30.1 Å². The fraction of sp³-hybridized carbons (Fsp3) is 0.562. The highest BCUT2D eigenvalue weighted by molar-refractivity contribution is 5.93. The number of nitrogens with zero attached hydrogens (tertiary/aromatic N) is 1. The molecule has 0 unspecified atom stereocenters. The Hall–Kier alpha value is -1.35. The number of benzene rings is 1. The summed E-state index contributed by atoms with van der Waals surface area (Å²) in [5.41, 5.74) is 3.32. The molecule has 0 aliphatic carbocycles. The third kappa shape index (κ3) is 4.06. The highest BCUT2D eigenvalue weighted by Gasteiger charge is 2.13. The van der Waals surface area contributed by atoms with E-state index in [4.69, 9.17) is 0 Å². The van der Waals surface area contributed by atoms with Gasteiger partial charge in [0.1, 0.15) is 0 Å². The molecule has 1 aliphatic heterocycles. The van der Waals surface area contributed by atoms with E-state index in [9.17, 15) is 4.79 Å². The number of amides is 1. The maximum absolute atomic E-state index is 12.1. The lowest BCUT2D eigenvalue weighted by Crippen LogP contribution is -2.34. The molecule has 1 aromatic carbocycles. The molecule has 1 heterocycles. The highest BCUT2D eigenvalue weighted by Crippen LogP contribution is 2.18. The number of aryl methyl sites for hydroxylation is 1. The second kappa shape index (κ2) is 6.71. The maximum Gasteiger partial charge on any atom is 0.238 e. The van der Waals surface area contributed by atoms with Crippen molar-refractivity contribution in [3.05, 3.63) is 29.3 Å². The molecule has 3 heteroatoms. The molecule has 3 nitrogen and oxygen atoms in total. The SMILES string of the molecule is Cc1cccc(NC(=O)CN2CCCCCC2)c1C. The van der Waals surface area contributed by atoms with Crippen LogP contribution >= 0.6 is 0 Å². The van der Waals surface area contributed by atoms with E-state index in [0.29, 0.717) is 6.54 Å². The molecule has 0 aromatic heterocycles. The summed E-state index contributed by atoms with van der Waals surface area (Å²) in [7, 11) is 0. The average molecular weight is 260 g/mol. The van der Waals surface area contributed by atoms with Gasteiger partial charge in [-0.25, -0.2) is 0 Å². The van der Waals surface area contributed by atoms with Gasteiger partial charge >= 0.3 is 0 Å². The van der Waals surface area contributed by atoms with Crippen LogP contribution in [-0.2, 0) is 4.79 Å². The fourth-order valence-corrected chi connectivity index (χ4v) is 2.57. The Morgan fingerprint density at radius 1 is 1.16 bits per heavy atom. The maximum atomic E-state index is 12.1. The predicted molar refractivity (Wildman–Crippen MR) is 79.5 cm³/mol. The Balaban J connectivity index is 1.91. The van der Waals surface area contributed by atoms with Crippen LogP contribution in [0.15, 0.2) is 18.2 Å². The lowest BCUT2D eigenvalue weighted by Gasteiger charge is -2.19. The number of carbonyl (C=O) groups excluding carboxylic acids is 1. The summed E-state index contributed by atoms with van der Waals surface area (Å²) < 4.78 is 0. The van der Waals surface area contributed by atoms with E-state index >= 15 is 0 Å². The van der Waals surface area contributed by atoms with E-state index in [1.165, 1.54) is 31.2 Å².